The molecule has 2 fully saturated rings. The molecule has 266 valence electrons. The SMILES string of the molecule is COc1cc(C2Oc3c(OC)cc(C=CCO)cc3C2COC2OC(CO)C(O)C(O)C2O)ccc1OC1OC(CO)C(O)C(O)C1O. The van der Waals surface area contributed by atoms with Crippen molar-refractivity contribution < 1.29 is 79.1 Å². The minimum atomic E-state index is -1.65. The van der Waals surface area contributed by atoms with E-state index in [0.29, 0.717) is 28.2 Å². The highest BCUT2D eigenvalue weighted by Gasteiger charge is 2.47. The first kappa shape index (κ1) is 36.2. The van der Waals surface area contributed by atoms with Crippen LogP contribution < -0.4 is 18.9 Å². The number of benzene rings is 2. The molecule has 0 bridgehead atoms. The second-order valence-electron chi connectivity index (χ2n) is 11.6. The molecule has 9 N–H and O–H groups in total. The van der Waals surface area contributed by atoms with E-state index in [1.165, 1.54) is 20.3 Å². The summed E-state index contributed by atoms with van der Waals surface area (Å²) in [6, 6.07) is 8.32. The van der Waals surface area contributed by atoms with Crippen molar-refractivity contribution in [1.29, 1.82) is 0 Å². The van der Waals surface area contributed by atoms with Gasteiger partial charge in [-0.15, -0.1) is 0 Å². The van der Waals surface area contributed by atoms with Gasteiger partial charge in [0.2, 0.25) is 6.29 Å². The summed E-state index contributed by atoms with van der Waals surface area (Å²) >= 11 is 0. The van der Waals surface area contributed by atoms with Gasteiger partial charge in [0.15, 0.2) is 29.3 Å². The van der Waals surface area contributed by atoms with Crippen LogP contribution in [0.1, 0.15) is 28.7 Å². The lowest BCUT2D eigenvalue weighted by Crippen LogP contribution is -2.60. The van der Waals surface area contributed by atoms with Crippen LogP contribution in [0.15, 0.2) is 36.4 Å². The first-order valence-corrected chi connectivity index (χ1v) is 15.3. The molecule has 3 aliphatic heterocycles. The number of hydrogen-bond donors (Lipinski definition) is 9. The zero-order chi connectivity index (χ0) is 34.7. The standard InChI is InChI=1S/C32H42O16/c1-42-19-10-15(5-6-18(19)45-32-28(41)26(39)24(37)22(12-35)47-32)29-17(13-44-31-27(40)25(38)23(36)21(11-34)46-31)16-8-14(4-3-7-33)9-20(43-2)30(16)48-29/h3-6,8-10,17,21-29,31-41H,7,11-13H2,1-2H3. The van der Waals surface area contributed by atoms with E-state index in [9.17, 15) is 46.0 Å². The van der Waals surface area contributed by atoms with Crippen LogP contribution in [-0.2, 0) is 14.2 Å². The molecule has 2 aromatic carbocycles. The molecule has 0 radical (unpaired) electrons. The first-order valence-electron chi connectivity index (χ1n) is 15.3. The monoisotopic (exact) mass is 682 g/mol. The van der Waals surface area contributed by atoms with E-state index in [4.69, 9.17) is 33.2 Å². The van der Waals surface area contributed by atoms with Crippen LogP contribution in [0.5, 0.6) is 23.0 Å². The average molecular weight is 683 g/mol. The van der Waals surface area contributed by atoms with Crippen molar-refractivity contribution in [2.24, 2.45) is 0 Å². The second-order valence-corrected chi connectivity index (χ2v) is 11.6. The third-order valence-corrected chi connectivity index (χ3v) is 8.65. The van der Waals surface area contributed by atoms with Gasteiger partial charge in [-0.25, -0.2) is 0 Å². The van der Waals surface area contributed by atoms with Gasteiger partial charge in [-0.3, -0.25) is 0 Å². The number of aliphatic hydroxyl groups excluding tert-OH is 9. The van der Waals surface area contributed by atoms with Crippen LogP contribution in [0.4, 0.5) is 0 Å². The van der Waals surface area contributed by atoms with Crippen molar-refractivity contribution in [2.75, 3.05) is 40.6 Å². The molecule has 0 amide bonds. The lowest BCUT2D eigenvalue weighted by Gasteiger charge is -2.40. The van der Waals surface area contributed by atoms with E-state index in [2.05, 4.69) is 0 Å². The molecule has 16 heteroatoms. The van der Waals surface area contributed by atoms with Gasteiger partial charge >= 0.3 is 0 Å². The maximum atomic E-state index is 10.6. The zero-order valence-corrected chi connectivity index (χ0v) is 26.2. The van der Waals surface area contributed by atoms with Crippen LogP contribution in [0.2, 0.25) is 0 Å². The smallest absolute Gasteiger partial charge is 0.229 e. The Morgan fingerprint density at radius 1 is 0.708 bits per heavy atom. The van der Waals surface area contributed by atoms with E-state index in [1.807, 2.05) is 6.07 Å². The summed E-state index contributed by atoms with van der Waals surface area (Å²) in [4.78, 5) is 0. The molecule has 0 aliphatic carbocycles. The van der Waals surface area contributed by atoms with Gasteiger partial charge in [-0.1, -0.05) is 18.2 Å². The Morgan fingerprint density at radius 2 is 1.33 bits per heavy atom. The molecule has 16 nitrogen and oxygen atoms in total. The Morgan fingerprint density at radius 3 is 1.94 bits per heavy atom. The normalized spacial score (nSPS) is 34.9. The van der Waals surface area contributed by atoms with Crippen molar-refractivity contribution in [2.45, 2.75) is 73.4 Å². The molecule has 3 heterocycles. The van der Waals surface area contributed by atoms with Gasteiger partial charge in [0.25, 0.3) is 0 Å². The zero-order valence-electron chi connectivity index (χ0n) is 26.2. The number of hydrogen-bond acceptors (Lipinski definition) is 16. The fraction of sp³-hybridized carbons (Fsp3) is 0.562. The summed E-state index contributed by atoms with van der Waals surface area (Å²) in [5.41, 5.74) is 1.88. The predicted molar refractivity (Wildman–Crippen MR) is 162 cm³/mol. The lowest BCUT2D eigenvalue weighted by molar-refractivity contribution is -0.302. The van der Waals surface area contributed by atoms with Crippen LogP contribution in [0.3, 0.4) is 0 Å². The van der Waals surface area contributed by atoms with E-state index in [0.717, 1.165) is 0 Å². The van der Waals surface area contributed by atoms with E-state index >= 15 is 0 Å². The largest absolute Gasteiger partial charge is 0.493 e. The van der Waals surface area contributed by atoms with Crippen molar-refractivity contribution in [3.8, 4) is 23.0 Å². The Labute approximate surface area is 275 Å². The average Bonchev–Trinajstić information content (AvgIpc) is 3.47. The fourth-order valence-corrected chi connectivity index (χ4v) is 5.99. The Kier molecular flexibility index (Phi) is 11.8. The molecular formula is C32H42O16. The summed E-state index contributed by atoms with van der Waals surface area (Å²) in [7, 11) is 2.85. The van der Waals surface area contributed by atoms with Crippen LogP contribution in [0, 0.1) is 0 Å². The van der Waals surface area contributed by atoms with Crippen LogP contribution in [0.25, 0.3) is 6.08 Å². The maximum absolute atomic E-state index is 10.6. The molecule has 0 saturated carbocycles. The molecule has 12 unspecified atom stereocenters. The Hall–Kier alpha value is -3.10. The lowest BCUT2D eigenvalue weighted by atomic mass is 9.90. The van der Waals surface area contributed by atoms with Crippen LogP contribution in [-0.4, -0.2) is 148 Å². The quantitative estimate of drug-likeness (QED) is 0.117. The van der Waals surface area contributed by atoms with Gasteiger partial charge in [0.1, 0.15) is 54.9 Å². The van der Waals surface area contributed by atoms with Crippen LogP contribution >= 0.6 is 0 Å². The third kappa shape index (κ3) is 7.11. The topological polar surface area (TPSA) is 247 Å². The van der Waals surface area contributed by atoms with Crippen molar-refractivity contribution in [1.82, 2.24) is 0 Å². The van der Waals surface area contributed by atoms with E-state index in [1.54, 1.807) is 30.4 Å². The van der Waals surface area contributed by atoms with Gasteiger partial charge in [0.05, 0.1) is 46.6 Å². The van der Waals surface area contributed by atoms with E-state index in [-0.39, 0.29) is 24.7 Å². The summed E-state index contributed by atoms with van der Waals surface area (Å²) < 4.78 is 40.4. The third-order valence-electron chi connectivity index (χ3n) is 8.65. The summed E-state index contributed by atoms with van der Waals surface area (Å²) in [5, 5.41) is 90.3. The summed E-state index contributed by atoms with van der Waals surface area (Å²) in [5.74, 6) is 0.456. The van der Waals surface area contributed by atoms with Gasteiger partial charge in [-0.2, -0.15) is 0 Å². The summed E-state index contributed by atoms with van der Waals surface area (Å²) in [6.07, 6.45) is -12.4. The molecule has 3 aliphatic rings. The Balaban J connectivity index is 1.46. The fourth-order valence-electron chi connectivity index (χ4n) is 5.99. The highest BCUT2D eigenvalue weighted by Crippen LogP contribution is 2.52. The van der Waals surface area contributed by atoms with Crippen molar-refractivity contribution >= 4 is 6.08 Å². The molecule has 48 heavy (non-hydrogen) atoms. The minimum absolute atomic E-state index is 0.101. The van der Waals surface area contributed by atoms with E-state index < -0.39 is 86.6 Å². The minimum Gasteiger partial charge on any atom is -0.493 e. The first-order chi connectivity index (χ1) is 23.1. The number of rotatable bonds is 12. The number of methoxy groups -OCH3 is 2. The van der Waals surface area contributed by atoms with Crippen molar-refractivity contribution in [3.63, 3.8) is 0 Å². The van der Waals surface area contributed by atoms with Gasteiger partial charge in [0, 0.05) is 5.56 Å². The Bertz CT molecular complexity index is 1400. The molecule has 0 spiro atoms. The molecule has 5 rings (SSSR count). The molecule has 2 aromatic rings. The molecular weight excluding hydrogens is 640 g/mol. The predicted octanol–water partition coefficient (Wildman–Crippen LogP) is -2.08. The molecule has 12 atom stereocenters. The highest BCUT2D eigenvalue weighted by atomic mass is 16.7. The number of ether oxygens (including phenoxy) is 7. The maximum Gasteiger partial charge on any atom is 0.229 e. The molecule has 2 saturated heterocycles. The second kappa shape index (κ2) is 15.6. The van der Waals surface area contributed by atoms with Gasteiger partial charge < -0.3 is 79.1 Å². The molecule has 0 aromatic heterocycles. The van der Waals surface area contributed by atoms with Crippen molar-refractivity contribution in [3.05, 3.63) is 53.1 Å². The van der Waals surface area contributed by atoms with Gasteiger partial charge in [-0.05, 0) is 35.4 Å². The summed E-state index contributed by atoms with van der Waals surface area (Å²) in [6.45, 7) is -1.60. The number of aliphatic hydroxyl groups is 9. The highest BCUT2D eigenvalue weighted by molar-refractivity contribution is 5.62. The number of fused-ring (bicyclic) bond motifs is 1.